The Kier molecular flexibility index (Phi) is 3.69. The summed E-state index contributed by atoms with van der Waals surface area (Å²) in [5, 5.41) is 1.07. The van der Waals surface area contributed by atoms with Crippen molar-refractivity contribution in [3.63, 3.8) is 0 Å². The molecule has 1 N–H and O–H groups in total. The highest BCUT2D eigenvalue weighted by molar-refractivity contribution is 6.17. The molecule has 1 heterocycles. The summed E-state index contributed by atoms with van der Waals surface area (Å²) < 4.78 is 4.80. The zero-order valence-corrected chi connectivity index (χ0v) is 10.4. The minimum atomic E-state index is -0.294. The highest BCUT2D eigenvalue weighted by Crippen LogP contribution is 2.24. The number of esters is 1. The number of aromatic nitrogens is 1. The summed E-state index contributed by atoms with van der Waals surface area (Å²) in [6, 6.07) is 5.67. The van der Waals surface area contributed by atoms with Crippen molar-refractivity contribution in [1.82, 2.24) is 4.98 Å². The van der Waals surface area contributed by atoms with Crippen LogP contribution in [-0.4, -0.2) is 23.9 Å². The predicted molar refractivity (Wildman–Crippen MR) is 68.7 cm³/mol. The molecule has 17 heavy (non-hydrogen) atoms. The minimum Gasteiger partial charge on any atom is -0.465 e. The number of aryl methyl sites for hydroxylation is 1. The van der Waals surface area contributed by atoms with Crippen LogP contribution in [0.4, 0.5) is 0 Å². The van der Waals surface area contributed by atoms with E-state index in [1.807, 2.05) is 18.3 Å². The van der Waals surface area contributed by atoms with Gasteiger partial charge in [0.05, 0.1) is 12.7 Å². The normalized spacial score (nSPS) is 10.7. The summed E-state index contributed by atoms with van der Waals surface area (Å²) >= 11 is 5.72. The van der Waals surface area contributed by atoms with Gasteiger partial charge >= 0.3 is 5.97 Å². The maximum atomic E-state index is 11.7. The van der Waals surface area contributed by atoms with E-state index >= 15 is 0 Å². The Morgan fingerprint density at radius 3 is 2.94 bits per heavy atom. The molecule has 4 heteroatoms. The number of ether oxygens (including phenoxy) is 1. The molecule has 0 aliphatic carbocycles. The summed E-state index contributed by atoms with van der Waals surface area (Å²) in [6.45, 7) is 0. The summed E-state index contributed by atoms with van der Waals surface area (Å²) in [4.78, 5) is 14.8. The first-order chi connectivity index (χ1) is 8.27. The first kappa shape index (κ1) is 12.0. The van der Waals surface area contributed by atoms with E-state index in [9.17, 15) is 4.79 Å². The maximum Gasteiger partial charge on any atom is 0.338 e. The van der Waals surface area contributed by atoms with Crippen LogP contribution in [0.3, 0.4) is 0 Å². The van der Waals surface area contributed by atoms with Crippen LogP contribution in [0.5, 0.6) is 0 Å². The predicted octanol–water partition coefficient (Wildman–Crippen LogP) is 3.13. The molecule has 2 aromatic rings. The van der Waals surface area contributed by atoms with Gasteiger partial charge in [0.2, 0.25) is 0 Å². The zero-order chi connectivity index (χ0) is 12.3. The minimum absolute atomic E-state index is 0.294. The average molecular weight is 252 g/mol. The van der Waals surface area contributed by atoms with Crippen LogP contribution in [0.25, 0.3) is 10.9 Å². The number of nitrogens with one attached hydrogen (secondary N) is 1. The number of carbonyl (C=O) groups excluding carboxylic acids is 1. The smallest absolute Gasteiger partial charge is 0.338 e. The first-order valence-corrected chi connectivity index (χ1v) is 6.04. The second kappa shape index (κ2) is 5.23. The Bertz CT molecular complexity index is 533. The van der Waals surface area contributed by atoms with Gasteiger partial charge in [-0.3, -0.25) is 0 Å². The lowest BCUT2D eigenvalue weighted by molar-refractivity contribution is 0.0599. The summed E-state index contributed by atoms with van der Waals surface area (Å²) in [5.41, 5.74) is 2.67. The van der Waals surface area contributed by atoms with Gasteiger partial charge in [0.1, 0.15) is 0 Å². The molecule has 2 rings (SSSR count). The van der Waals surface area contributed by atoms with Crippen LogP contribution < -0.4 is 0 Å². The lowest BCUT2D eigenvalue weighted by atomic mass is 9.99. The number of carbonyl (C=O) groups is 1. The van der Waals surface area contributed by atoms with Gasteiger partial charge in [-0.05, 0) is 36.6 Å². The van der Waals surface area contributed by atoms with Crippen molar-refractivity contribution in [3.05, 3.63) is 35.5 Å². The van der Waals surface area contributed by atoms with E-state index < -0.39 is 0 Å². The van der Waals surface area contributed by atoms with Gasteiger partial charge in [-0.2, -0.15) is 0 Å². The Labute approximate surface area is 105 Å². The van der Waals surface area contributed by atoms with Crippen molar-refractivity contribution < 1.29 is 9.53 Å². The van der Waals surface area contributed by atoms with Crippen molar-refractivity contribution in [1.29, 1.82) is 0 Å². The molecule has 0 aliphatic heterocycles. The lowest BCUT2D eigenvalue weighted by Crippen LogP contribution is -2.06. The van der Waals surface area contributed by atoms with E-state index in [1.54, 1.807) is 6.07 Å². The van der Waals surface area contributed by atoms with Crippen molar-refractivity contribution in [2.75, 3.05) is 13.0 Å². The van der Waals surface area contributed by atoms with E-state index in [2.05, 4.69) is 4.98 Å². The molecule has 1 aromatic carbocycles. The molecule has 0 saturated heterocycles. The van der Waals surface area contributed by atoms with E-state index in [0.717, 1.165) is 29.3 Å². The molecule has 0 aliphatic rings. The van der Waals surface area contributed by atoms with E-state index in [1.165, 1.54) is 7.11 Å². The Hall–Kier alpha value is -1.48. The van der Waals surface area contributed by atoms with Crippen LogP contribution >= 0.6 is 11.6 Å². The van der Waals surface area contributed by atoms with Crippen LogP contribution in [0, 0.1) is 0 Å². The number of fused-ring (bicyclic) bond motifs is 1. The molecule has 0 spiro atoms. The molecule has 0 atom stereocenters. The summed E-state index contributed by atoms with van der Waals surface area (Å²) in [6.07, 6.45) is 3.49. The Morgan fingerprint density at radius 1 is 1.41 bits per heavy atom. The zero-order valence-electron chi connectivity index (χ0n) is 9.63. The van der Waals surface area contributed by atoms with Crippen LogP contribution in [-0.2, 0) is 11.2 Å². The topological polar surface area (TPSA) is 42.1 Å². The second-order valence-electron chi connectivity index (χ2n) is 3.81. The van der Waals surface area contributed by atoms with E-state index in [4.69, 9.17) is 16.3 Å². The summed E-state index contributed by atoms with van der Waals surface area (Å²) in [7, 11) is 1.40. The largest absolute Gasteiger partial charge is 0.465 e. The van der Waals surface area contributed by atoms with Crippen molar-refractivity contribution >= 4 is 28.5 Å². The molecule has 90 valence electrons. The van der Waals surface area contributed by atoms with Gasteiger partial charge in [-0.15, -0.1) is 11.6 Å². The van der Waals surface area contributed by atoms with Gasteiger partial charge in [-0.1, -0.05) is 0 Å². The van der Waals surface area contributed by atoms with Crippen LogP contribution in [0.1, 0.15) is 22.3 Å². The molecular weight excluding hydrogens is 238 g/mol. The molecule has 3 nitrogen and oxygen atoms in total. The third-order valence-electron chi connectivity index (χ3n) is 2.81. The number of halogens is 1. The average Bonchev–Trinajstić information content (AvgIpc) is 2.83. The van der Waals surface area contributed by atoms with E-state index in [0.29, 0.717) is 11.4 Å². The number of aromatic amines is 1. The van der Waals surface area contributed by atoms with Crippen LogP contribution in [0.15, 0.2) is 24.4 Å². The number of alkyl halides is 1. The molecule has 0 radical (unpaired) electrons. The summed E-state index contributed by atoms with van der Waals surface area (Å²) in [5.74, 6) is 0.291. The Balaban J connectivity index is 2.53. The highest BCUT2D eigenvalue weighted by atomic mass is 35.5. The molecule has 0 fully saturated rings. The maximum absolute atomic E-state index is 11.7. The van der Waals surface area contributed by atoms with Gasteiger partial charge in [-0.25, -0.2) is 4.79 Å². The number of benzene rings is 1. The number of hydrogen-bond acceptors (Lipinski definition) is 2. The SMILES string of the molecule is COC(=O)c1ccc2[nH]ccc2c1CCCCl. The third kappa shape index (κ3) is 2.29. The quantitative estimate of drug-likeness (QED) is 0.670. The van der Waals surface area contributed by atoms with Gasteiger partial charge in [0.15, 0.2) is 0 Å². The van der Waals surface area contributed by atoms with Crippen molar-refractivity contribution in [2.45, 2.75) is 12.8 Å². The van der Waals surface area contributed by atoms with Crippen molar-refractivity contribution in [2.24, 2.45) is 0 Å². The standard InChI is InChI=1S/C13H14ClNO2/c1-17-13(16)11-4-5-12-10(6-8-15-12)9(11)3-2-7-14/h4-6,8,15H,2-3,7H2,1H3. The third-order valence-corrected chi connectivity index (χ3v) is 3.08. The fraction of sp³-hybridized carbons (Fsp3) is 0.308. The van der Waals surface area contributed by atoms with Gasteiger partial charge < -0.3 is 9.72 Å². The fourth-order valence-electron chi connectivity index (χ4n) is 2.01. The number of H-pyrrole nitrogens is 1. The van der Waals surface area contributed by atoms with Gasteiger partial charge in [0, 0.05) is 23.0 Å². The number of rotatable bonds is 4. The second-order valence-corrected chi connectivity index (χ2v) is 4.19. The molecular formula is C13H14ClNO2. The monoisotopic (exact) mass is 251 g/mol. The highest BCUT2D eigenvalue weighted by Gasteiger charge is 2.14. The van der Waals surface area contributed by atoms with E-state index in [-0.39, 0.29) is 5.97 Å². The molecule has 1 aromatic heterocycles. The first-order valence-electron chi connectivity index (χ1n) is 5.51. The van der Waals surface area contributed by atoms with Crippen molar-refractivity contribution in [3.8, 4) is 0 Å². The molecule has 0 saturated carbocycles. The van der Waals surface area contributed by atoms with Crippen LogP contribution in [0.2, 0.25) is 0 Å². The fourth-order valence-corrected chi connectivity index (χ4v) is 2.14. The van der Waals surface area contributed by atoms with Gasteiger partial charge in [0.25, 0.3) is 0 Å². The molecule has 0 amide bonds. The number of methoxy groups -OCH3 is 1. The Morgan fingerprint density at radius 2 is 2.24 bits per heavy atom. The lowest BCUT2D eigenvalue weighted by Gasteiger charge is -2.08. The number of hydrogen-bond donors (Lipinski definition) is 1. The molecule has 0 bridgehead atoms. The molecule has 0 unspecified atom stereocenters.